The van der Waals surface area contributed by atoms with E-state index in [1.807, 2.05) is 0 Å². The van der Waals surface area contributed by atoms with E-state index >= 15 is 0 Å². The van der Waals surface area contributed by atoms with Crippen LogP contribution in [-0.4, -0.2) is 29.5 Å². The Labute approximate surface area is 55.1 Å². The summed E-state index contributed by atoms with van der Waals surface area (Å²) in [4.78, 5) is 1.60. The van der Waals surface area contributed by atoms with Gasteiger partial charge in [0.05, 0.1) is 0 Å². The first-order valence-corrected chi connectivity index (χ1v) is 2.75. The molecule has 9 heavy (non-hydrogen) atoms. The molecule has 0 fully saturated rings. The lowest BCUT2D eigenvalue weighted by molar-refractivity contribution is 0.0729. The van der Waals surface area contributed by atoms with E-state index in [1.54, 1.807) is 31.1 Å². The third-order valence-electron chi connectivity index (χ3n) is 1.01. The molecule has 0 bridgehead atoms. The fourth-order valence-electron chi connectivity index (χ4n) is 0.303. The van der Waals surface area contributed by atoms with E-state index in [0.717, 1.165) is 0 Å². The van der Waals surface area contributed by atoms with Crippen LogP contribution in [-0.2, 0) is 0 Å². The molecule has 0 heterocycles. The van der Waals surface area contributed by atoms with Crippen molar-refractivity contribution < 1.29 is 5.11 Å². The summed E-state index contributed by atoms with van der Waals surface area (Å²) < 4.78 is 0. The molecule has 0 radical (unpaired) electrons. The molecule has 52 valence electrons. The maximum Gasteiger partial charge on any atom is 0.123 e. The summed E-state index contributed by atoms with van der Waals surface area (Å²) in [5, 5.41) is 15.5. The molecule has 0 aromatic heterocycles. The minimum Gasteiger partial charge on any atom is -0.374 e. The van der Waals surface area contributed by atoms with Crippen LogP contribution in [0.1, 0.15) is 6.92 Å². The smallest absolute Gasteiger partial charge is 0.123 e. The van der Waals surface area contributed by atoms with Crippen molar-refractivity contribution in [2.24, 2.45) is 0 Å². The number of nitrogens with zero attached hydrogens (tertiary/aromatic N) is 1. The van der Waals surface area contributed by atoms with Gasteiger partial charge in [0.2, 0.25) is 0 Å². The lowest BCUT2D eigenvalue weighted by Crippen LogP contribution is -2.22. The number of aliphatic hydroxyl groups excluding tert-OH is 1. The standard InChI is InChI=1S/C6H12N2O/c1-6(9)8(2)5-3-4-7/h3-7,9H,1-2H3/b5-3-,7-4?. The van der Waals surface area contributed by atoms with E-state index in [9.17, 15) is 0 Å². The first kappa shape index (κ1) is 8.17. The van der Waals surface area contributed by atoms with Gasteiger partial charge in [-0.3, -0.25) is 0 Å². The number of aliphatic hydroxyl groups is 1. The van der Waals surface area contributed by atoms with Gasteiger partial charge in [-0.15, -0.1) is 0 Å². The number of hydrogen-bond donors (Lipinski definition) is 2. The molecule has 0 aliphatic carbocycles. The summed E-state index contributed by atoms with van der Waals surface area (Å²) in [6.45, 7) is 1.66. The number of nitrogens with one attached hydrogen (secondary N) is 1. The van der Waals surface area contributed by atoms with Crippen molar-refractivity contribution >= 4 is 6.21 Å². The predicted octanol–water partition coefficient (Wildman–Crippen LogP) is 0.420. The van der Waals surface area contributed by atoms with Crippen LogP contribution in [0.2, 0.25) is 0 Å². The van der Waals surface area contributed by atoms with Crippen molar-refractivity contribution in [3.63, 3.8) is 0 Å². The monoisotopic (exact) mass is 128 g/mol. The molecule has 0 rings (SSSR count). The Morgan fingerprint density at radius 2 is 2.22 bits per heavy atom. The summed E-state index contributed by atoms with van der Waals surface area (Å²) in [5.41, 5.74) is 0. The van der Waals surface area contributed by atoms with Gasteiger partial charge in [-0.2, -0.15) is 0 Å². The van der Waals surface area contributed by atoms with Gasteiger partial charge in [0.15, 0.2) is 0 Å². The maximum atomic E-state index is 8.85. The topological polar surface area (TPSA) is 47.3 Å². The zero-order valence-corrected chi connectivity index (χ0v) is 5.70. The number of allylic oxidation sites excluding steroid dienone is 1. The van der Waals surface area contributed by atoms with Crippen LogP contribution < -0.4 is 0 Å². The van der Waals surface area contributed by atoms with Crippen molar-refractivity contribution in [1.29, 1.82) is 5.41 Å². The molecular formula is C6H12N2O. The minimum atomic E-state index is -0.485. The Morgan fingerprint density at radius 1 is 1.67 bits per heavy atom. The molecule has 3 heteroatoms. The van der Waals surface area contributed by atoms with Crippen LogP contribution in [0.4, 0.5) is 0 Å². The molecule has 3 nitrogen and oxygen atoms in total. The van der Waals surface area contributed by atoms with E-state index in [0.29, 0.717) is 0 Å². The number of rotatable bonds is 3. The zero-order valence-electron chi connectivity index (χ0n) is 5.70. The maximum absolute atomic E-state index is 8.85. The quantitative estimate of drug-likeness (QED) is 0.427. The second-order valence-corrected chi connectivity index (χ2v) is 1.81. The van der Waals surface area contributed by atoms with E-state index in [4.69, 9.17) is 10.5 Å². The van der Waals surface area contributed by atoms with Crippen LogP contribution in [0.25, 0.3) is 0 Å². The van der Waals surface area contributed by atoms with Crippen LogP contribution in [0, 0.1) is 5.41 Å². The third-order valence-corrected chi connectivity index (χ3v) is 1.01. The van der Waals surface area contributed by atoms with Crippen molar-refractivity contribution in [2.45, 2.75) is 13.2 Å². The van der Waals surface area contributed by atoms with Crippen LogP contribution in [0.3, 0.4) is 0 Å². The van der Waals surface area contributed by atoms with Crippen LogP contribution in [0.5, 0.6) is 0 Å². The molecule has 0 aromatic rings. The molecule has 0 saturated carbocycles. The largest absolute Gasteiger partial charge is 0.374 e. The van der Waals surface area contributed by atoms with E-state index < -0.39 is 6.23 Å². The molecule has 0 amide bonds. The Kier molecular flexibility index (Phi) is 3.71. The summed E-state index contributed by atoms with van der Waals surface area (Å²) in [6, 6.07) is 0. The van der Waals surface area contributed by atoms with Crippen molar-refractivity contribution in [3.8, 4) is 0 Å². The molecule has 1 atom stereocenters. The molecule has 0 aliphatic rings. The van der Waals surface area contributed by atoms with E-state index in [-0.39, 0.29) is 0 Å². The van der Waals surface area contributed by atoms with Gasteiger partial charge in [0.1, 0.15) is 6.23 Å². The van der Waals surface area contributed by atoms with Gasteiger partial charge in [-0.25, -0.2) is 0 Å². The van der Waals surface area contributed by atoms with Crippen molar-refractivity contribution in [3.05, 3.63) is 12.3 Å². The average molecular weight is 128 g/mol. The third kappa shape index (κ3) is 3.73. The number of hydrogen-bond acceptors (Lipinski definition) is 3. The van der Waals surface area contributed by atoms with Gasteiger partial charge in [0.25, 0.3) is 0 Å². The van der Waals surface area contributed by atoms with Gasteiger partial charge < -0.3 is 15.4 Å². The van der Waals surface area contributed by atoms with Crippen LogP contribution >= 0.6 is 0 Å². The highest BCUT2D eigenvalue weighted by Crippen LogP contribution is 1.88. The van der Waals surface area contributed by atoms with Crippen LogP contribution in [0.15, 0.2) is 12.3 Å². The van der Waals surface area contributed by atoms with E-state index in [2.05, 4.69) is 0 Å². The molecule has 0 aliphatic heterocycles. The SMILES string of the molecule is CC(O)N(C)/C=C\C=N. The van der Waals surface area contributed by atoms with Crippen molar-refractivity contribution in [1.82, 2.24) is 4.90 Å². The first-order valence-electron chi connectivity index (χ1n) is 2.75. The molecular weight excluding hydrogens is 116 g/mol. The lowest BCUT2D eigenvalue weighted by atomic mass is 10.5. The first-order chi connectivity index (χ1) is 4.18. The minimum absolute atomic E-state index is 0.485. The fraction of sp³-hybridized carbons (Fsp3) is 0.500. The summed E-state index contributed by atoms with van der Waals surface area (Å²) >= 11 is 0. The Morgan fingerprint density at radius 3 is 2.56 bits per heavy atom. The van der Waals surface area contributed by atoms with Gasteiger partial charge in [0, 0.05) is 19.5 Å². The normalized spacial score (nSPS) is 13.7. The lowest BCUT2D eigenvalue weighted by Gasteiger charge is -2.16. The van der Waals surface area contributed by atoms with Gasteiger partial charge >= 0.3 is 0 Å². The highest BCUT2D eigenvalue weighted by Gasteiger charge is 1.94. The van der Waals surface area contributed by atoms with Crippen molar-refractivity contribution in [2.75, 3.05) is 7.05 Å². The Hall–Kier alpha value is -0.830. The molecule has 0 saturated heterocycles. The summed E-state index contributed by atoms with van der Waals surface area (Å²) in [5.74, 6) is 0. The average Bonchev–Trinajstić information content (AvgIpc) is 1.82. The molecule has 1 unspecified atom stereocenters. The second kappa shape index (κ2) is 4.09. The fourth-order valence-corrected chi connectivity index (χ4v) is 0.303. The van der Waals surface area contributed by atoms with Gasteiger partial charge in [-0.1, -0.05) is 0 Å². The summed E-state index contributed by atoms with van der Waals surface area (Å²) in [6.07, 6.45) is 3.87. The zero-order chi connectivity index (χ0) is 7.28. The highest BCUT2D eigenvalue weighted by molar-refractivity contribution is 5.67. The van der Waals surface area contributed by atoms with Gasteiger partial charge in [-0.05, 0) is 13.0 Å². The Bertz CT molecular complexity index is 110. The highest BCUT2D eigenvalue weighted by atomic mass is 16.3. The van der Waals surface area contributed by atoms with E-state index in [1.165, 1.54) is 6.21 Å². The second-order valence-electron chi connectivity index (χ2n) is 1.81. The predicted molar refractivity (Wildman–Crippen MR) is 37.4 cm³/mol. The molecule has 0 spiro atoms. The summed E-state index contributed by atoms with van der Waals surface area (Å²) in [7, 11) is 1.74. The molecule has 2 N–H and O–H groups in total. The Balaban J connectivity index is 3.61. The molecule has 0 aromatic carbocycles.